The van der Waals surface area contributed by atoms with Crippen LogP contribution in [0.5, 0.6) is 0 Å². The van der Waals surface area contributed by atoms with Crippen LogP contribution in [0.4, 0.5) is 5.69 Å². The molecule has 2 N–H and O–H groups in total. The zero-order chi connectivity index (χ0) is 13.1. The molecule has 17 heavy (non-hydrogen) atoms. The molecule has 0 aliphatic carbocycles. The fourth-order valence-corrected chi connectivity index (χ4v) is 1.39. The number of rotatable bonds is 3. The van der Waals surface area contributed by atoms with E-state index >= 15 is 0 Å². The van der Waals surface area contributed by atoms with Crippen LogP contribution < -0.4 is 5.73 Å². The predicted molar refractivity (Wildman–Crippen MR) is 66.7 cm³/mol. The van der Waals surface area contributed by atoms with Gasteiger partial charge >= 0.3 is 5.97 Å². The highest BCUT2D eigenvalue weighted by molar-refractivity contribution is 5.96. The number of esters is 1. The van der Waals surface area contributed by atoms with Crippen LogP contribution in [-0.4, -0.2) is 18.7 Å². The zero-order valence-corrected chi connectivity index (χ0v) is 10.7. The van der Waals surface area contributed by atoms with Gasteiger partial charge in [-0.05, 0) is 32.4 Å². The molecular weight excluding hydrogens is 218 g/mol. The van der Waals surface area contributed by atoms with E-state index in [1.807, 2.05) is 26.8 Å². The summed E-state index contributed by atoms with van der Waals surface area (Å²) in [6.45, 7) is 6.20. The number of nitrogens with two attached hydrogens (primary N) is 1. The first kappa shape index (κ1) is 13.5. The maximum absolute atomic E-state index is 11.6. The molecule has 1 aromatic rings. The van der Waals surface area contributed by atoms with Crippen molar-refractivity contribution in [2.75, 3.05) is 12.8 Å². The number of methoxy groups -OCH3 is 1. The van der Waals surface area contributed by atoms with Crippen molar-refractivity contribution in [2.45, 2.75) is 33.0 Å². The molecule has 1 aromatic carbocycles. The van der Waals surface area contributed by atoms with Crippen LogP contribution in [0.1, 0.15) is 36.7 Å². The summed E-state index contributed by atoms with van der Waals surface area (Å²) in [5, 5.41) is 0. The third-order valence-corrected chi connectivity index (χ3v) is 2.23. The van der Waals surface area contributed by atoms with Gasteiger partial charge in [0.25, 0.3) is 0 Å². The normalized spacial score (nSPS) is 11.3. The Morgan fingerprint density at radius 3 is 2.53 bits per heavy atom. The Balaban J connectivity index is 2.99. The lowest BCUT2D eigenvalue weighted by molar-refractivity contribution is -0.0154. The minimum atomic E-state index is -0.435. The highest BCUT2D eigenvalue weighted by atomic mass is 16.5. The SMILES string of the molecule is COC(=O)c1c(N)cccc1COC(C)(C)C. The van der Waals surface area contributed by atoms with Gasteiger partial charge in [0.1, 0.15) is 0 Å². The van der Waals surface area contributed by atoms with E-state index in [0.717, 1.165) is 5.56 Å². The second-order valence-corrected chi connectivity index (χ2v) is 4.77. The van der Waals surface area contributed by atoms with Crippen molar-refractivity contribution in [3.05, 3.63) is 29.3 Å². The van der Waals surface area contributed by atoms with Gasteiger partial charge in [0.2, 0.25) is 0 Å². The van der Waals surface area contributed by atoms with Gasteiger partial charge in [0.05, 0.1) is 24.9 Å². The summed E-state index contributed by atoms with van der Waals surface area (Å²) < 4.78 is 10.4. The number of nitrogen functional groups attached to an aromatic ring is 1. The molecule has 0 atom stereocenters. The molecule has 0 aliphatic heterocycles. The third-order valence-electron chi connectivity index (χ3n) is 2.23. The Hall–Kier alpha value is -1.55. The van der Waals surface area contributed by atoms with E-state index in [9.17, 15) is 4.79 Å². The topological polar surface area (TPSA) is 61.5 Å². The van der Waals surface area contributed by atoms with Crippen molar-refractivity contribution in [3.8, 4) is 0 Å². The third kappa shape index (κ3) is 3.75. The molecule has 0 bridgehead atoms. The Bertz CT molecular complexity index is 408. The lowest BCUT2D eigenvalue weighted by Crippen LogP contribution is -2.20. The Morgan fingerprint density at radius 2 is 2.00 bits per heavy atom. The summed E-state index contributed by atoms with van der Waals surface area (Å²) in [5.74, 6) is -0.435. The molecular formula is C13H19NO3. The molecule has 0 radical (unpaired) electrons. The van der Waals surface area contributed by atoms with Crippen molar-refractivity contribution < 1.29 is 14.3 Å². The van der Waals surface area contributed by atoms with Gasteiger partial charge in [-0.25, -0.2) is 4.79 Å². The molecule has 0 amide bonds. The number of carbonyl (C=O) groups excluding carboxylic acids is 1. The van der Waals surface area contributed by atoms with Crippen molar-refractivity contribution in [1.82, 2.24) is 0 Å². The lowest BCUT2D eigenvalue weighted by Gasteiger charge is -2.20. The number of hydrogen-bond donors (Lipinski definition) is 1. The van der Waals surface area contributed by atoms with Crippen LogP contribution in [0.15, 0.2) is 18.2 Å². The van der Waals surface area contributed by atoms with Gasteiger partial charge in [-0.2, -0.15) is 0 Å². The number of ether oxygens (including phenoxy) is 2. The second kappa shape index (κ2) is 5.19. The fraction of sp³-hybridized carbons (Fsp3) is 0.462. The Labute approximate surface area is 102 Å². The monoisotopic (exact) mass is 237 g/mol. The van der Waals surface area contributed by atoms with Gasteiger partial charge in [-0.1, -0.05) is 12.1 Å². The molecule has 0 aromatic heterocycles. The van der Waals surface area contributed by atoms with Crippen molar-refractivity contribution in [2.24, 2.45) is 0 Å². The van der Waals surface area contributed by atoms with E-state index in [1.54, 1.807) is 12.1 Å². The van der Waals surface area contributed by atoms with E-state index in [-0.39, 0.29) is 5.60 Å². The molecule has 0 saturated carbocycles. The van der Waals surface area contributed by atoms with E-state index in [1.165, 1.54) is 7.11 Å². The average molecular weight is 237 g/mol. The lowest BCUT2D eigenvalue weighted by atomic mass is 10.1. The van der Waals surface area contributed by atoms with Gasteiger partial charge in [0, 0.05) is 5.69 Å². The van der Waals surface area contributed by atoms with E-state index in [0.29, 0.717) is 17.9 Å². The minimum absolute atomic E-state index is 0.266. The molecule has 0 fully saturated rings. The Morgan fingerprint density at radius 1 is 1.35 bits per heavy atom. The number of benzene rings is 1. The summed E-state index contributed by atoms with van der Waals surface area (Å²) in [6.07, 6.45) is 0. The predicted octanol–water partition coefficient (Wildman–Crippen LogP) is 2.37. The first-order chi connectivity index (χ1) is 7.85. The summed E-state index contributed by atoms with van der Waals surface area (Å²) in [5.41, 5.74) is 7.05. The van der Waals surface area contributed by atoms with Crippen molar-refractivity contribution in [3.63, 3.8) is 0 Å². The molecule has 94 valence electrons. The Kier molecular flexibility index (Phi) is 4.12. The largest absolute Gasteiger partial charge is 0.465 e. The van der Waals surface area contributed by atoms with E-state index in [2.05, 4.69) is 0 Å². The molecule has 1 rings (SSSR count). The quantitative estimate of drug-likeness (QED) is 0.647. The first-order valence-electron chi connectivity index (χ1n) is 5.45. The molecule has 0 unspecified atom stereocenters. The van der Waals surface area contributed by atoms with Crippen molar-refractivity contribution in [1.29, 1.82) is 0 Å². The summed E-state index contributed by atoms with van der Waals surface area (Å²) >= 11 is 0. The maximum atomic E-state index is 11.6. The number of anilines is 1. The van der Waals surface area contributed by atoms with Gasteiger partial charge in [-0.3, -0.25) is 0 Å². The standard InChI is InChI=1S/C13H19NO3/c1-13(2,3)17-8-9-6-5-7-10(14)11(9)12(15)16-4/h5-7H,8,14H2,1-4H3. The molecule has 0 aliphatic rings. The van der Waals surface area contributed by atoms with Gasteiger partial charge < -0.3 is 15.2 Å². The highest BCUT2D eigenvalue weighted by Gasteiger charge is 2.17. The molecule has 4 nitrogen and oxygen atoms in total. The van der Waals surface area contributed by atoms with Crippen LogP contribution in [0.3, 0.4) is 0 Å². The van der Waals surface area contributed by atoms with E-state index < -0.39 is 5.97 Å². The molecule has 0 heterocycles. The zero-order valence-electron chi connectivity index (χ0n) is 10.7. The summed E-state index contributed by atoms with van der Waals surface area (Å²) in [4.78, 5) is 11.6. The van der Waals surface area contributed by atoms with Crippen LogP contribution in [0.2, 0.25) is 0 Å². The number of carbonyl (C=O) groups is 1. The van der Waals surface area contributed by atoms with Crippen molar-refractivity contribution >= 4 is 11.7 Å². The molecule has 4 heteroatoms. The number of hydrogen-bond acceptors (Lipinski definition) is 4. The van der Waals surface area contributed by atoms with Crippen LogP contribution in [0.25, 0.3) is 0 Å². The van der Waals surface area contributed by atoms with Crippen LogP contribution in [0, 0.1) is 0 Å². The van der Waals surface area contributed by atoms with Crippen LogP contribution >= 0.6 is 0 Å². The minimum Gasteiger partial charge on any atom is -0.465 e. The fourth-order valence-electron chi connectivity index (χ4n) is 1.39. The van der Waals surface area contributed by atoms with E-state index in [4.69, 9.17) is 15.2 Å². The van der Waals surface area contributed by atoms with Gasteiger partial charge in [-0.15, -0.1) is 0 Å². The summed E-state index contributed by atoms with van der Waals surface area (Å²) in [6, 6.07) is 5.28. The highest BCUT2D eigenvalue weighted by Crippen LogP contribution is 2.21. The molecule has 0 spiro atoms. The van der Waals surface area contributed by atoms with Crippen LogP contribution in [-0.2, 0) is 16.1 Å². The average Bonchev–Trinajstić information content (AvgIpc) is 2.24. The maximum Gasteiger partial charge on any atom is 0.340 e. The second-order valence-electron chi connectivity index (χ2n) is 4.77. The first-order valence-corrected chi connectivity index (χ1v) is 5.45. The molecule has 0 saturated heterocycles. The smallest absolute Gasteiger partial charge is 0.340 e. The van der Waals surface area contributed by atoms with Gasteiger partial charge in [0.15, 0.2) is 0 Å². The summed E-state index contributed by atoms with van der Waals surface area (Å²) in [7, 11) is 1.34.